The fraction of sp³-hybridized carbons (Fsp3) is 0.158. The maximum atomic E-state index is 9.50. The van der Waals surface area contributed by atoms with Gasteiger partial charge in [0, 0.05) is 15.3 Å². The topological polar surface area (TPSA) is 29.5 Å². The van der Waals surface area contributed by atoms with Crippen molar-refractivity contribution in [1.82, 2.24) is 0 Å². The van der Waals surface area contributed by atoms with Gasteiger partial charge in [-0.15, -0.1) is 11.3 Å². The molecule has 0 radical (unpaired) electrons. The average Bonchev–Trinajstić information content (AvgIpc) is 3.00. The van der Waals surface area contributed by atoms with Gasteiger partial charge in [-0.25, -0.2) is 0 Å². The Labute approximate surface area is 134 Å². The minimum absolute atomic E-state index is 0.0200. The molecule has 0 saturated carbocycles. The Morgan fingerprint density at radius 3 is 2.50 bits per heavy atom. The van der Waals surface area contributed by atoms with Gasteiger partial charge < -0.3 is 9.84 Å². The Morgan fingerprint density at radius 2 is 1.82 bits per heavy atom. The summed E-state index contributed by atoms with van der Waals surface area (Å²) in [7, 11) is 0. The first-order valence-corrected chi connectivity index (χ1v) is 8.05. The molecule has 1 heterocycles. The fourth-order valence-corrected chi connectivity index (χ4v) is 3.16. The van der Waals surface area contributed by atoms with E-state index >= 15 is 0 Å². The van der Waals surface area contributed by atoms with Gasteiger partial charge in [-0.3, -0.25) is 0 Å². The van der Waals surface area contributed by atoms with E-state index in [1.165, 1.54) is 9.75 Å². The summed E-state index contributed by atoms with van der Waals surface area (Å²) < 4.78 is 5.93. The number of rotatable bonds is 5. The second-order valence-electron chi connectivity index (χ2n) is 5.17. The summed E-state index contributed by atoms with van der Waals surface area (Å²) in [5, 5.41) is 9.50. The highest BCUT2D eigenvalue weighted by atomic mass is 32.1. The number of thiophene rings is 1. The third kappa shape index (κ3) is 3.38. The van der Waals surface area contributed by atoms with Crippen LogP contribution in [-0.2, 0) is 13.2 Å². The van der Waals surface area contributed by atoms with Gasteiger partial charge in [0.1, 0.15) is 12.4 Å². The molecule has 2 nitrogen and oxygen atoms in total. The van der Waals surface area contributed by atoms with Crippen LogP contribution in [0.25, 0.3) is 10.4 Å². The van der Waals surface area contributed by atoms with Crippen LogP contribution in [0.5, 0.6) is 5.75 Å². The van der Waals surface area contributed by atoms with Crippen LogP contribution in [0.2, 0.25) is 0 Å². The van der Waals surface area contributed by atoms with Crippen LogP contribution in [0.4, 0.5) is 0 Å². The number of aliphatic hydroxyl groups is 1. The van der Waals surface area contributed by atoms with Crippen molar-refractivity contribution >= 4 is 11.3 Å². The molecule has 3 heteroatoms. The molecule has 0 saturated heterocycles. The van der Waals surface area contributed by atoms with Crippen LogP contribution in [-0.4, -0.2) is 5.11 Å². The quantitative estimate of drug-likeness (QED) is 0.734. The van der Waals surface area contributed by atoms with Crippen LogP contribution in [0.1, 0.15) is 16.0 Å². The Kier molecular flexibility index (Phi) is 4.56. The van der Waals surface area contributed by atoms with E-state index in [1.807, 2.05) is 48.5 Å². The Hall–Kier alpha value is -2.10. The van der Waals surface area contributed by atoms with Crippen molar-refractivity contribution in [2.24, 2.45) is 0 Å². The van der Waals surface area contributed by atoms with Crippen molar-refractivity contribution in [3.8, 4) is 16.2 Å². The van der Waals surface area contributed by atoms with E-state index in [0.717, 1.165) is 22.4 Å². The third-order valence-corrected chi connectivity index (χ3v) is 4.55. The summed E-state index contributed by atoms with van der Waals surface area (Å²) in [6, 6.07) is 20.3. The summed E-state index contributed by atoms with van der Waals surface area (Å²) >= 11 is 1.76. The molecule has 0 aliphatic heterocycles. The molecule has 3 aromatic rings. The predicted octanol–water partition coefficient (Wildman–Crippen LogP) is 4.79. The summed E-state index contributed by atoms with van der Waals surface area (Å²) in [5.74, 6) is 0.745. The number of ether oxygens (including phenoxy) is 1. The normalized spacial score (nSPS) is 10.6. The summed E-state index contributed by atoms with van der Waals surface area (Å²) in [5.41, 5.74) is 3.05. The van der Waals surface area contributed by atoms with Crippen molar-refractivity contribution < 1.29 is 9.84 Å². The van der Waals surface area contributed by atoms with Crippen molar-refractivity contribution in [2.75, 3.05) is 0 Å². The number of benzene rings is 2. The Bertz CT molecular complexity index is 747. The summed E-state index contributed by atoms with van der Waals surface area (Å²) in [4.78, 5) is 2.50. The minimum atomic E-state index is -0.0200. The first-order chi connectivity index (χ1) is 10.8. The van der Waals surface area contributed by atoms with E-state index in [1.54, 1.807) is 11.3 Å². The van der Waals surface area contributed by atoms with Crippen LogP contribution in [0, 0.1) is 6.92 Å². The Balaban J connectivity index is 1.85. The largest absolute Gasteiger partial charge is 0.489 e. The zero-order valence-electron chi connectivity index (χ0n) is 12.5. The molecule has 2 aromatic carbocycles. The maximum Gasteiger partial charge on any atom is 0.125 e. The predicted molar refractivity (Wildman–Crippen MR) is 91.2 cm³/mol. The lowest BCUT2D eigenvalue weighted by Crippen LogP contribution is -1.99. The maximum absolute atomic E-state index is 9.50. The van der Waals surface area contributed by atoms with Crippen LogP contribution in [0.3, 0.4) is 0 Å². The molecule has 0 atom stereocenters. The molecule has 0 spiro atoms. The molecule has 0 bridgehead atoms. The zero-order chi connectivity index (χ0) is 15.4. The van der Waals surface area contributed by atoms with Crippen molar-refractivity contribution in [1.29, 1.82) is 0 Å². The third-order valence-electron chi connectivity index (χ3n) is 3.50. The molecule has 3 rings (SSSR count). The van der Waals surface area contributed by atoms with Crippen molar-refractivity contribution in [2.45, 2.75) is 20.1 Å². The van der Waals surface area contributed by atoms with Gasteiger partial charge in [-0.2, -0.15) is 0 Å². The van der Waals surface area contributed by atoms with Gasteiger partial charge in [-0.05, 0) is 36.2 Å². The monoisotopic (exact) mass is 310 g/mol. The molecule has 22 heavy (non-hydrogen) atoms. The first kappa shape index (κ1) is 14.8. The van der Waals surface area contributed by atoms with Crippen LogP contribution in [0.15, 0.2) is 60.7 Å². The molecule has 0 aliphatic rings. The van der Waals surface area contributed by atoms with Gasteiger partial charge in [0.05, 0.1) is 6.61 Å². The number of aryl methyl sites for hydroxylation is 1. The van der Waals surface area contributed by atoms with Gasteiger partial charge in [0.2, 0.25) is 0 Å². The first-order valence-electron chi connectivity index (χ1n) is 7.23. The summed E-state index contributed by atoms with van der Waals surface area (Å²) in [6.07, 6.45) is 0. The molecule has 0 amide bonds. The van der Waals surface area contributed by atoms with E-state index in [2.05, 4.69) is 19.1 Å². The van der Waals surface area contributed by atoms with E-state index in [0.29, 0.717) is 6.61 Å². The van der Waals surface area contributed by atoms with Gasteiger partial charge in [0.25, 0.3) is 0 Å². The minimum Gasteiger partial charge on any atom is -0.489 e. The average molecular weight is 310 g/mol. The molecule has 112 valence electrons. The smallest absolute Gasteiger partial charge is 0.125 e. The molecular weight excluding hydrogens is 292 g/mol. The second-order valence-corrected chi connectivity index (χ2v) is 6.45. The molecule has 1 aromatic heterocycles. The standard InChI is InChI=1S/C19H18O2S/c1-14-7-10-19(22-14)16-8-9-17(12-20)18(11-16)21-13-15-5-3-2-4-6-15/h2-11,20H,12-13H2,1H3. The lowest BCUT2D eigenvalue weighted by molar-refractivity contribution is 0.259. The van der Waals surface area contributed by atoms with E-state index in [9.17, 15) is 5.11 Å². The molecular formula is C19H18O2S. The lowest BCUT2D eigenvalue weighted by atomic mass is 10.1. The van der Waals surface area contributed by atoms with Crippen molar-refractivity contribution in [3.63, 3.8) is 0 Å². The fourth-order valence-electron chi connectivity index (χ4n) is 2.30. The summed E-state index contributed by atoms with van der Waals surface area (Å²) in [6.45, 7) is 2.58. The van der Waals surface area contributed by atoms with E-state index in [-0.39, 0.29) is 6.61 Å². The zero-order valence-corrected chi connectivity index (χ0v) is 13.3. The van der Waals surface area contributed by atoms with Gasteiger partial charge in [0.15, 0.2) is 0 Å². The molecule has 1 N–H and O–H groups in total. The van der Waals surface area contributed by atoms with E-state index in [4.69, 9.17) is 4.74 Å². The SMILES string of the molecule is Cc1ccc(-c2ccc(CO)c(OCc3ccccc3)c2)s1. The lowest BCUT2D eigenvalue weighted by Gasteiger charge is -2.12. The molecule has 0 unspecified atom stereocenters. The van der Waals surface area contributed by atoms with Gasteiger partial charge in [-0.1, -0.05) is 42.5 Å². The van der Waals surface area contributed by atoms with E-state index < -0.39 is 0 Å². The Morgan fingerprint density at radius 1 is 1.00 bits per heavy atom. The number of hydrogen-bond acceptors (Lipinski definition) is 3. The van der Waals surface area contributed by atoms with Crippen molar-refractivity contribution in [3.05, 3.63) is 76.7 Å². The second kappa shape index (κ2) is 6.77. The number of hydrogen-bond donors (Lipinski definition) is 1. The number of aliphatic hydroxyl groups excluding tert-OH is 1. The highest BCUT2D eigenvalue weighted by molar-refractivity contribution is 7.15. The molecule has 0 aliphatic carbocycles. The van der Waals surface area contributed by atoms with Gasteiger partial charge >= 0.3 is 0 Å². The highest BCUT2D eigenvalue weighted by Crippen LogP contribution is 2.32. The molecule has 0 fully saturated rings. The highest BCUT2D eigenvalue weighted by Gasteiger charge is 2.08. The van der Waals surface area contributed by atoms with Crippen LogP contribution >= 0.6 is 11.3 Å². The van der Waals surface area contributed by atoms with Crippen LogP contribution < -0.4 is 4.74 Å².